The first kappa shape index (κ1) is 12.6. The molecule has 90 valence electrons. The van der Waals surface area contributed by atoms with E-state index in [-0.39, 0.29) is 5.82 Å². The second-order valence-corrected chi connectivity index (χ2v) is 6.66. The molecule has 0 spiro atoms. The summed E-state index contributed by atoms with van der Waals surface area (Å²) in [6.45, 7) is 2.91. The van der Waals surface area contributed by atoms with Gasteiger partial charge in [-0.25, -0.2) is 8.70 Å². The molecule has 1 heterocycles. The summed E-state index contributed by atoms with van der Waals surface area (Å²) in [4.78, 5) is 1.32. The number of nitrogens with zero attached hydrogens (tertiary/aromatic N) is 1. The second kappa shape index (κ2) is 5.67. The summed E-state index contributed by atoms with van der Waals surface area (Å²) in [6.07, 6.45) is 0. The van der Waals surface area contributed by atoms with Crippen LogP contribution < -0.4 is 0 Å². The minimum absolute atomic E-state index is 0.182. The van der Waals surface area contributed by atoms with E-state index in [4.69, 9.17) is 0 Å². The van der Waals surface area contributed by atoms with Crippen molar-refractivity contribution in [1.29, 1.82) is 0 Å². The van der Waals surface area contributed by atoms with E-state index in [1.807, 2.05) is 19.2 Å². The molecule has 17 heavy (non-hydrogen) atoms. The molecule has 0 atom stereocenters. The number of benzene rings is 1. The summed E-state index contributed by atoms with van der Waals surface area (Å²) in [5.41, 5.74) is 1.12. The number of hydrogen-bond donors (Lipinski definition) is 0. The molecule has 0 N–H and O–H groups in total. The Hall–Kier alpha value is -0.840. The van der Waals surface area contributed by atoms with E-state index >= 15 is 0 Å². The number of hydrogen-bond acceptors (Lipinski definition) is 3. The summed E-state index contributed by atoms with van der Waals surface area (Å²) >= 11 is 3.51. The van der Waals surface area contributed by atoms with Gasteiger partial charge in [0.25, 0.3) is 0 Å². The van der Waals surface area contributed by atoms with E-state index in [2.05, 4.69) is 23.4 Å². The van der Waals surface area contributed by atoms with Gasteiger partial charge in [-0.05, 0) is 55.7 Å². The number of thiophene rings is 1. The molecule has 4 heteroatoms. The molecule has 0 bridgehead atoms. The molecule has 0 aliphatic carbocycles. The predicted octanol–water partition coefficient (Wildman–Crippen LogP) is 4.33. The fraction of sp³-hybridized carbons (Fsp3) is 0.231. The number of halogens is 1. The van der Waals surface area contributed by atoms with Gasteiger partial charge in [0.05, 0.1) is 4.21 Å². The van der Waals surface area contributed by atoms with Crippen molar-refractivity contribution >= 4 is 23.3 Å². The third kappa shape index (κ3) is 3.84. The van der Waals surface area contributed by atoms with Gasteiger partial charge in [-0.15, -0.1) is 11.3 Å². The summed E-state index contributed by atoms with van der Waals surface area (Å²) in [6, 6.07) is 10.9. The minimum atomic E-state index is -0.182. The first-order valence-corrected chi connectivity index (χ1v) is 6.92. The van der Waals surface area contributed by atoms with Crippen LogP contribution in [-0.2, 0) is 6.54 Å². The predicted molar refractivity (Wildman–Crippen MR) is 72.8 cm³/mol. The molecule has 2 rings (SSSR count). The van der Waals surface area contributed by atoms with E-state index in [1.165, 1.54) is 21.2 Å². The van der Waals surface area contributed by atoms with Gasteiger partial charge in [-0.3, -0.25) is 0 Å². The largest absolute Gasteiger partial charge is 0.244 e. The first-order valence-electron chi connectivity index (χ1n) is 5.33. The molecule has 0 saturated carbocycles. The van der Waals surface area contributed by atoms with Crippen LogP contribution in [0.15, 0.2) is 40.6 Å². The van der Waals surface area contributed by atoms with Crippen LogP contribution in [0.5, 0.6) is 0 Å². The van der Waals surface area contributed by atoms with E-state index in [0.717, 1.165) is 12.1 Å². The van der Waals surface area contributed by atoms with Crippen LogP contribution in [0.1, 0.15) is 10.4 Å². The normalized spacial score (nSPS) is 11.1. The van der Waals surface area contributed by atoms with Crippen molar-refractivity contribution in [3.05, 3.63) is 52.7 Å². The van der Waals surface area contributed by atoms with Gasteiger partial charge in [-0.2, -0.15) is 0 Å². The minimum Gasteiger partial charge on any atom is -0.244 e. The van der Waals surface area contributed by atoms with Gasteiger partial charge in [0.1, 0.15) is 5.82 Å². The lowest BCUT2D eigenvalue weighted by atomic mass is 10.2. The first-order chi connectivity index (χ1) is 8.13. The maximum atomic E-state index is 12.8. The summed E-state index contributed by atoms with van der Waals surface area (Å²) in [5.74, 6) is -0.182. The zero-order chi connectivity index (χ0) is 12.3. The Morgan fingerprint density at radius 3 is 2.47 bits per heavy atom. The molecule has 0 saturated heterocycles. The maximum Gasteiger partial charge on any atom is 0.123 e. The van der Waals surface area contributed by atoms with Crippen LogP contribution in [0.25, 0.3) is 0 Å². The van der Waals surface area contributed by atoms with Gasteiger partial charge in [-0.1, -0.05) is 12.1 Å². The molecule has 0 amide bonds. The Morgan fingerprint density at radius 1 is 1.18 bits per heavy atom. The zero-order valence-electron chi connectivity index (χ0n) is 9.81. The fourth-order valence-corrected chi connectivity index (χ4v) is 3.66. The highest BCUT2D eigenvalue weighted by molar-refractivity contribution is 7.98. The van der Waals surface area contributed by atoms with Crippen molar-refractivity contribution in [2.24, 2.45) is 0 Å². The molecule has 2 aromatic rings. The molecular formula is C13H14FNS2. The third-order valence-corrected chi connectivity index (χ3v) is 4.31. The van der Waals surface area contributed by atoms with Crippen molar-refractivity contribution in [3.63, 3.8) is 0 Å². The molecule has 1 aromatic carbocycles. The summed E-state index contributed by atoms with van der Waals surface area (Å²) in [7, 11) is 2.04. The Kier molecular flexibility index (Phi) is 4.20. The Morgan fingerprint density at radius 2 is 1.88 bits per heavy atom. The number of aryl methyl sites for hydroxylation is 1. The lowest BCUT2D eigenvalue weighted by molar-refractivity contribution is 0.563. The molecule has 1 aromatic heterocycles. The molecule has 0 radical (unpaired) electrons. The molecular weight excluding hydrogens is 253 g/mol. The van der Waals surface area contributed by atoms with Crippen molar-refractivity contribution in [3.8, 4) is 0 Å². The van der Waals surface area contributed by atoms with Crippen LogP contribution >= 0.6 is 23.3 Å². The van der Waals surface area contributed by atoms with Crippen LogP contribution in [0, 0.1) is 12.7 Å². The molecule has 0 fully saturated rings. The van der Waals surface area contributed by atoms with Crippen molar-refractivity contribution in [1.82, 2.24) is 4.31 Å². The number of rotatable bonds is 4. The average Bonchev–Trinajstić information content (AvgIpc) is 2.67. The topological polar surface area (TPSA) is 3.24 Å². The van der Waals surface area contributed by atoms with Gasteiger partial charge >= 0.3 is 0 Å². The van der Waals surface area contributed by atoms with Crippen molar-refractivity contribution < 1.29 is 4.39 Å². The fourth-order valence-electron chi connectivity index (χ4n) is 1.49. The lowest BCUT2D eigenvalue weighted by Crippen LogP contribution is -2.07. The SMILES string of the molecule is Cc1ccc(SN(C)Cc2ccc(F)cc2)s1. The van der Waals surface area contributed by atoms with Gasteiger partial charge < -0.3 is 0 Å². The van der Waals surface area contributed by atoms with Crippen LogP contribution in [0.4, 0.5) is 4.39 Å². The maximum absolute atomic E-state index is 12.8. The van der Waals surface area contributed by atoms with E-state index in [0.29, 0.717) is 0 Å². The highest BCUT2D eigenvalue weighted by Crippen LogP contribution is 2.29. The van der Waals surface area contributed by atoms with Gasteiger partial charge in [0.15, 0.2) is 0 Å². The van der Waals surface area contributed by atoms with Crippen LogP contribution in [0.3, 0.4) is 0 Å². The Labute approximate surface area is 109 Å². The summed E-state index contributed by atoms with van der Waals surface area (Å²) < 4.78 is 16.2. The average molecular weight is 267 g/mol. The standard InChI is InChI=1S/C13H14FNS2/c1-10-3-8-13(16-10)17-15(2)9-11-4-6-12(14)7-5-11/h3-8H,9H2,1-2H3. The Balaban J connectivity index is 1.93. The zero-order valence-corrected chi connectivity index (χ0v) is 11.4. The molecule has 0 unspecified atom stereocenters. The lowest BCUT2D eigenvalue weighted by Gasteiger charge is -2.14. The monoisotopic (exact) mass is 267 g/mol. The van der Waals surface area contributed by atoms with Gasteiger partial charge in [0.2, 0.25) is 0 Å². The highest BCUT2D eigenvalue weighted by Gasteiger charge is 2.04. The smallest absolute Gasteiger partial charge is 0.123 e. The van der Waals surface area contributed by atoms with E-state index < -0.39 is 0 Å². The van der Waals surface area contributed by atoms with Crippen LogP contribution in [-0.4, -0.2) is 11.4 Å². The molecule has 0 aliphatic heterocycles. The second-order valence-electron chi connectivity index (χ2n) is 3.87. The van der Waals surface area contributed by atoms with E-state index in [9.17, 15) is 4.39 Å². The molecule has 1 nitrogen and oxygen atoms in total. The highest BCUT2D eigenvalue weighted by atomic mass is 32.2. The Bertz CT molecular complexity index is 478. The molecule has 0 aliphatic rings. The van der Waals surface area contributed by atoms with E-state index in [1.54, 1.807) is 23.3 Å². The quantitative estimate of drug-likeness (QED) is 0.758. The van der Waals surface area contributed by atoms with Crippen LogP contribution in [0.2, 0.25) is 0 Å². The van der Waals surface area contributed by atoms with Crippen molar-refractivity contribution in [2.45, 2.75) is 17.7 Å². The van der Waals surface area contributed by atoms with Gasteiger partial charge in [0, 0.05) is 11.4 Å². The summed E-state index contributed by atoms with van der Waals surface area (Å²) in [5, 5.41) is 0. The van der Waals surface area contributed by atoms with Crippen molar-refractivity contribution in [2.75, 3.05) is 7.05 Å². The third-order valence-electron chi connectivity index (χ3n) is 2.28.